The van der Waals surface area contributed by atoms with Crippen molar-refractivity contribution in [2.24, 2.45) is 29.6 Å². The van der Waals surface area contributed by atoms with Gasteiger partial charge in [-0.2, -0.15) is 0 Å². The summed E-state index contributed by atoms with van der Waals surface area (Å²) in [7, 11) is 0. The monoisotopic (exact) mass is 356 g/mol. The van der Waals surface area contributed by atoms with Crippen LogP contribution in [0.4, 0.5) is 0 Å². The van der Waals surface area contributed by atoms with Gasteiger partial charge in [0.15, 0.2) is 6.10 Å². The second-order valence-corrected chi connectivity index (χ2v) is 9.08. The van der Waals surface area contributed by atoms with E-state index in [-0.39, 0.29) is 5.92 Å². The number of hydrogen-bond donors (Lipinski definition) is 0. The fourth-order valence-electron chi connectivity index (χ4n) is 5.72. The van der Waals surface area contributed by atoms with E-state index < -0.39 is 29.0 Å². The summed E-state index contributed by atoms with van der Waals surface area (Å²) in [6, 6.07) is 0. The molecule has 4 bridgehead atoms. The summed E-state index contributed by atoms with van der Waals surface area (Å²) in [5, 5.41) is -0.763. The van der Waals surface area contributed by atoms with Crippen LogP contribution >= 0.6 is 11.6 Å². The van der Waals surface area contributed by atoms with Crippen LogP contribution in [0.25, 0.3) is 0 Å². The van der Waals surface area contributed by atoms with Gasteiger partial charge >= 0.3 is 11.9 Å². The molecule has 4 aliphatic carbocycles. The van der Waals surface area contributed by atoms with E-state index in [1.807, 2.05) is 0 Å². The van der Waals surface area contributed by atoms with Crippen LogP contribution in [-0.4, -0.2) is 29.0 Å². The maximum Gasteiger partial charge on any atom is 0.347 e. The third-order valence-electron chi connectivity index (χ3n) is 6.54. The molecule has 4 saturated carbocycles. The average Bonchev–Trinajstić information content (AvgIpc) is 2.49. The number of ether oxygens (including phenoxy) is 2. The van der Waals surface area contributed by atoms with Gasteiger partial charge in [-0.1, -0.05) is 13.8 Å². The van der Waals surface area contributed by atoms with Crippen LogP contribution in [0, 0.1) is 29.6 Å². The first kappa shape index (κ1) is 18.0. The van der Waals surface area contributed by atoms with E-state index in [0.29, 0.717) is 11.8 Å². The van der Waals surface area contributed by atoms with Gasteiger partial charge in [-0.15, -0.1) is 11.6 Å². The second-order valence-electron chi connectivity index (χ2n) is 8.43. The molecule has 0 aromatic carbocycles. The Labute approximate surface area is 149 Å². The Morgan fingerprint density at radius 2 is 1.42 bits per heavy atom. The third-order valence-corrected chi connectivity index (χ3v) is 6.72. The fourth-order valence-corrected chi connectivity index (χ4v) is 5.77. The zero-order chi connectivity index (χ0) is 17.6. The maximum absolute atomic E-state index is 12.7. The van der Waals surface area contributed by atoms with E-state index in [1.54, 1.807) is 6.92 Å². The van der Waals surface area contributed by atoms with Crippen LogP contribution in [0.2, 0.25) is 0 Å². The predicted octanol–water partition coefficient (Wildman–Crippen LogP) is 3.94. The molecule has 4 nitrogen and oxygen atoms in total. The minimum atomic E-state index is -0.911. The number of hydrogen-bond acceptors (Lipinski definition) is 4. The summed E-state index contributed by atoms with van der Waals surface area (Å²) in [4.78, 5) is 24.3. The first-order valence-electron chi connectivity index (χ1n) is 9.31. The first-order valence-corrected chi connectivity index (χ1v) is 9.75. The number of rotatable bonds is 5. The third kappa shape index (κ3) is 2.95. The molecule has 0 saturated heterocycles. The Kier molecular flexibility index (Phi) is 4.89. The molecule has 4 fully saturated rings. The van der Waals surface area contributed by atoms with E-state index in [9.17, 15) is 9.59 Å². The van der Waals surface area contributed by atoms with Crippen molar-refractivity contribution < 1.29 is 19.1 Å². The van der Waals surface area contributed by atoms with Gasteiger partial charge in [0, 0.05) is 0 Å². The molecule has 0 radical (unpaired) electrons. The van der Waals surface area contributed by atoms with Crippen LogP contribution in [0.1, 0.15) is 59.8 Å². The highest BCUT2D eigenvalue weighted by Crippen LogP contribution is 2.61. The molecule has 0 amide bonds. The Balaban J connectivity index is 1.75. The van der Waals surface area contributed by atoms with Crippen LogP contribution in [-0.2, 0) is 19.1 Å². The summed E-state index contributed by atoms with van der Waals surface area (Å²) in [5.41, 5.74) is -0.391. The van der Waals surface area contributed by atoms with E-state index in [2.05, 4.69) is 13.8 Å². The van der Waals surface area contributed by atoms with Crippen molar-refractivity contribution >= 4 is 23.5 Å². The van der Waals surface area contributed by atoms with Crippen molar-refractivity contribution in [2.75, 3.05) is 0 Å². The molecular weight excluding hydrogens is 328 g/mol. The molecule has 0 aliphatic heterocycles. The molecular formula is C19H29ClO4. The number of halogens is 1. The highest BCUT2D eigenvalue weighted by Gasteiger charge is 2.61. The van der Waals surface area contributed by atoms with Gasteiger partial charge in [-0.05, 0) is 75.5 Å². The number of carbonyl (C=O) groups is 2. The van der Waals surface area contributed by atoms with Gasteiger partial charge in [-0.3, -0.25) is 4.79 Å². The zero-order valence-electron chi connectivity index (χ0n) is 15.1. The quantitative estimate of drug-likeness (QED) is 0.553. The summed E-state index contributed by atoms with van der Waals surface area (Å²) in [6.45, 7) is 7.43. The van der Waals surface area contributed by atoms with Gasteiger partial charge in [-0.25, -0.2) is 4.79 Å². The summed E-state index contributed by atoms with van der Waals surface area (Å²) in [6.07, 6.45) is 5.14. The Morgan fingerprint density at radius 1 is 0.917 bits per heavy atom. The molecule has 0 N–H and O–H groups in total. The zero-order valence-corrected chi connectivity index (χ0v) is 15.8. The van der Waals surface area contributed by atoms with Gasteiger partial charge < -0.3 is 9.47 Å². The molecule has 2 unspecified atom stereocenters. The lowest BCUT2D eigenvalue weighted by Crippen LogP contribution is -2.62. The van der Waals surface area contributed by atoms with E-state index >= 15 is 0 Å². The number of carbonyl (C=O) groups excluding carboxylic acids is 2. The summed E-state index contributed by atoms with van der Waals surface area (Å²) < 4.78 is 11.3. The molecule has 4 aliphatic rings. The standard InChI is InChI=1S/C19H29ClO4/c1-10(2)19(24-18(22)12(4)23-17(21)11(3)20)15-6-13-5-14(8-15)9-16(19)7-13/h10-16H,5-9H2,1-4H3. The second kappa shape index (κ2) is 6.51. The topological polar surface area (TPSA) is 52.6 Å². The Bertz CT molecular complexity index is 485. The predicted molar refractivity (Wildman–Crippen MR) is 91.6 cm³/mol. The lowest BCUT2D eigenvalue weighted by atomic mass is 9.47. The summed E-state index contributed by atoms with van der Waals surface area (Å²) in [5.74, 6) is 1.79. The molecule has 0 aromatic heterocycles. The molecule has 136 valence electrons. The molecule has 24 heavy (non-hydrogen) atoms. The average molecular weight is 357 g/mol. The van der Waals surface area contributed by atoms with Crippen molar-refractivity contribution in [2.45, 2.75) is 76.9 Å². The van der Waals surface area contributed by atoms with Crippen molar-refractivity contribution in [1.82, 2.24) is 0 Å². The van der Waals surface area contributed by atoms with Gasteiger partial charge in [0.25, 0.3) is 0 Å². The normalized spacial score (nSPS) is 39.6. The van der Waals surface area contributed by atoms with Crippen LogP contribution < -0.4 is 0 Å². The Hall–Kier alpha value is -0.770. The largest absolute Gasteiger partial charge is 0.455 e. The molecule has 0 spiro atoms. The minimum Gasteiger partial charge on any atom is -0.455 e. The molecule has 5 heteroatoms. The van der Waals surface area contributed by atoms with Crippen molar-refractivity contribution in [3.63, 3.8) is 0 Å². The molecule has 2 atom stereocenters. The molecule has 0 heterocycles. The van der Waals surface area contributed by atoms with Crippen molar-refractivity contribution in [1.29, 1.82) is 0 Å². The minimum absolute atomic E-state index is 0.270. The lowest BCUT2D eigenvalue weighted by molar-refractivity contribution is -0.231. The highest BCUT2D eigenvalue weighted by atomic mass is 35.5. The van der Waals surface area contributed by atoms with Gasteiger partial charge in [0.05, 0.1) is 0 Å². The smallest absolute Gasteiger partial charge is 0.347 e. The molecule has 4 rings (SSSR count). The Morgan fingerprint density at radius 3 is 1.83 bits per heavy atom. The highest BCUT2D eigenvalue weighted by molar-refractivity contribution is 6.29. The molecule has 0 aromatic rings. The van der Waals surface area contributed by atoms with Gasteiger partial charge in [0.2, 0.25) is 0 Å². The van der Waals surface area contributed by atoms with E-state index in [0.717, 1.165) is 11.8 Å². The maximum atomic E-state index is 12.7. The lowest BCUT2D eigenvalue weighted by Gasteiger charge is -2.61. The van der Waals surface area contributed by atoms with Gasteiger partial charge in [0.1, 0.15) is 11.0 Å². The first-order chi connectivity index (χ1) is 11.2. The SMILES string of the molecule is CC(Cl)C(=O)OC(C)C(=O)OC1(C(C)C)C2CC3CC(C2)CC1C3. The summed E-state index contributed by atoms with van der Waals surface area (Å²) >= 11 is 5.72. The van der Waals surface area contributed by atoms with Crippen molar-refractivity contribution in [3.8, 4) is 0 Å². The number of esters is 2. The van der Waals surface area contributed by atoms with Crippen LogP contribution in [0.3, 0.4) is 0 Å². The van der Waals surface area contributed by atoms with Crippen LogP contribution in [0.5, 0.6) is 0 Å². The van der Waals surface area contributed by atoms with Crippen molar-refractivity contribution in [3.05, 3.63) is 0 Å². The van der Waals surface area contributed by atoms with E-state index in [4.69, 9.17) is 21.1 Å². The van der Waals surface area contributed by atoms with Crippen LogP contribution in [0.15, 0.2) is 0 Å². The van der Waals surface area contributed by atoms with E-state index in [1.165, 1.54) is 39.0 Å². The fraction of sp³-hybridized carbons (Fsp3) is 0.895. The number of alkyl halides is 1.